The molecule has 0 radical (unpaired) electrons. The number of ether oxygens (including phenoxy) is 2. The predicted octanol–water partition coefficient (Wildman–Crippen LogP) is 3.77. The van der Waals surface area contributed by atoms with Crippen LogP contribution in [0.3, 0.4) is 0 Å². The average molecular weight is 384 g/mol. The SMILES string of the molecule is CCOC(=O)c1c(COC(=O)Cc2csc(C)n2)nc2ccccc2c1C. The second-order valence-electron chi connectivity index (χ2n) is 5.99. The molecule has 0 saturated carbocycles. The van der Waals surface area contributed by atoms with Crippen LogP contribution in [0.25, 0.3) is 10.9 Å². The van der Waals surface area contributed by atoms with E-state index < -0.39 is 11.9 Å². The minimum absolute atomic E-state index is 0.0889. The summed E-state index contributed by atoms with van der Waals surface area (Å²) in [6, 6.07) is 7.53. The number of aryl methyl sites for hydroxylation is 2. The molecule has 140 valence electrons. The summed E-state index contributed by atoms with van der Waals surface area (Å²) < 4.78 is 10.5. The first-order valence-electron chi connectivity index (χ1n) is 8.61. The summed E-state index contributed by atoms with van der Waals surface area (Å²) in [6.07, 6.45) is 0.0889. The number of hydrogen-bond acceptors (Lipinski definition) is 7. The van der Waals surface area contributed by atoms with Crippen LogP contribution in [0.2, 0.25) is 0 Å². The van der Waals surface area contributed by atoms with E-state index in [1.807, 2.05) is 43.5 Å². The summed E-state index contributed by atoms with van der Waals surface area (Å²) in [5.41, 5.74) is 2.93. The molecule has 0 spiro atoms. The van der Waals surface area contributed by atoms with Crippen LogP contribution >= 0.6 is 11.3 Å². The molecule has 0 aliphatic rings. The van der Waals surface area contributed by atoms with Crippen molar-refractivity contribution in [3.05, 3.63) is 57.2 Å². The number of benzene rings is 1. The fraction of sp³-hybridized carbons (Fsp3) is 0.300. The largest absolute Gasteiger partial charge is 0.462 e. The first kappa shape index (κ1) is 19.0. The number of fused-ring (bicyclic) bond motifs is 1. The molecule has 6 nitrogen and oxygen atoms in total. The van der Waals surface area contributed by atoms with Crippen LogP contribution in [-0.4, -0.2) is 28.5 Å². The third-order valence-corrected chi connectivity index (χ3v) is 4.89. The predicted molar refractivity (Wildman–Crippen MR) is 103 cm³/mol. The number of para-hydroxylation sites is 1. The summed E-state index contributed by atoms with van der Waals surface area (Å²) in [6.45, 7) is 5.64. The maximum absolute atomic E-state index is 12.5. The van der Waals surface area contributed by atoms with Crippen molar-refractivity contribution in [1.82, 2.24) is 9.97 Å². The summed E-state index contributed by atoms with van der Waals surface area (Å²) in [4.78, 5) is 33.4. The fourth-order valence-electron chi connectivity index (χ4n) is 2.86. The first-order chi connectivity index (χ1) is 13.0. The molecule has 0 N–H and O–H groups in total. The topological polar surface area (TPSA) is 78.4 Å². The normalized spacial score (nSPS) is 10.8. The molecule has 0 bridgehead atoms. The Morgan fingerprint density at radius 1 is 1.11 bits per heavy atom. The highest BCUT2D eigenvalue weighted by molar-refractivity contribution is 7.09. The van der Waals surface area contributed by atoms with Crippen LogP contribution in [-0.2, 0) is 27.3 Å². The van der Waals surface area contributed by atoms with Crippen molar-refractivity contribution in [2.75, 3.05) is 6.61 Å². The van der Waals surface area contributed by atoms with Crippen LogP contribution in [0.4, 0.5) is 0 Å². The minimum atomic E-state index is -0.463. The molecule has 0 atom stereocenters. The summed E-state index contributed by atoms with van der Waals surface area (Å²) >= 11 is 1.48. The molecule has 7 heteroatoms. The molecule has 27 heavy (non-hydrogen) atoms. The third kappa shape index (κ3) is 4.31. The molecular formula is C20H20N2O4S. The van der Waals surface area contributed by atoms with Crippen LogP contribution in [0, 0.1) is 13.8 Å². The van der Waals surface area contributed by atoms with Crippen LogP contribution in [0.15, 0.2) is 29.6 Å². The van der Waals surface area contributed by atoms with Gasteiger partial charge in [-0.1, -0.05) is 18.2 Å². The number of carbonyl (C=O) groups is 2. The van der Waals surface area contributed by atoms with E-state index in [1.54, 1.807) is 6.92 Å². The van der Waals surface area contributed by atoms with Gasteiger partial charge in [-0.2, -0.15) is 0 Å². The lowest BCUT2D eigenvalue weighted by atomic mass is 10.0. The van der Waals surface area contributed by atoms with Crippen LogP contribution in [0.5, 0.6) is 0 Å². The Kier molecular flexibility index (Phi) is 5.81. The molecule has 0 aliphatic carbocycles. The van der Waals surface area contributed by atoms with E-state index in [1.165, 1.54) is 11.3 Å². The van der Waals surface area contributed by atoms with Gasteiger partial charge in [0.2, 0.25) is 0 Å². The van der Waals surface area contributed by atoms with Gasteiger partial charge in [-0.05, 0) is 32.4 Å². The Hall–Kier alpha value is -2.80. The lowest BCUT2D eigenvalue weighted by molar-refractivity contribution is -0.144. The zero-order chi connectivity index (χ0) is 19.4. The summed E-state index contributed by atoms with van der Waals surface area (Å²) in [7, 11) is 0. The molecular weight excluding hydrogens is 364 g/mol. The lowest BCUT2D eigenvalue weighted by Crippen LogP contribution is -2.15. The number of nitrogens with zero attached hydrogens (tertiary/aromatic N) is 2. The van der Waals surface area contributed by atoms with E-state index in [9.17, 15) is 9.59 Å². The molecule has 0 aliphatic heterocycles. The van der Waals surface area contributed by atoms with Crippen molar-refractivity contribution in [2.45, 2.75) is 33.8 Å². The second-order valence-corrected chi connectivity index (χ2v) is 7.05. The van der Waals surface area contributed by atoms with Crippen LogP contribution in [0.1, 0.15) is 39.2 Å². The number of hydrogen-bond donors (Lipinski definition) is 0. The van der Waals surface area contributed by atoms with E-state index in [-0.39, 0.29) is 19.6 Å². The monoisotopic (exact) mass is 384 g/mol. The molecule has 0 fully saturated rings. The van der Waals surface area contributed by atoms with Gasteiger partial charge in [-0.3, -0.25) is 4.79 Å². The first-order valence-corrected chi connectivity index (χ1v) is 9.49. The number of esters is 2. The number of rotatable bonds is 6. The van der Waals surface area contributed by atoms with Crippen LogP contribution < -0.4 is 0 Å². The standard InChI is InChI=1S/C20H20N2O4S/c1-4-25-20(24)19-12(2)15-7-5-6-8-16(15)22-17(19)10-26-18(23)9-14-11-27-13(3)21-14/h5-8,11H,4,9-10H2,1-3H3. The molecule has 3 rings (SSSR count). The van der Waals surface area contributed by atoms with Gasteiger partial charge in [-0.15, -0.1) is 11.3 Å². The van der Waals surface area contributed by atoms with E-state index in [0.29, 0.717) is 17.0 Å². The highest BCUT2D eigenvalue weighted by atomic mass is 32.1. The van der Waals surface area contributed by atoms with Crippen molar-refractivity contribution >= 4 is 34.2 Å². The Morgan fingerprint density at radius 2 is 1.89 bits per heavy atom. The highest BCUT2D eigenvalue weighted by Crippen LogP contribution is 2.24. The molecule has 0 saturated heterocycles. The number of pyridine rings is 1. The summed E-state index contributed by atoms with van der Waals surface area (Å²) in [5.74, 6) is -0.878. The Labute approximate surface area is 161 Å². The maximum Gasteiger partial charge on any atom is 0.340 e. The van der Waals surface area contributed by atoms with Gasteiger partial charge >= 0.3 is 11.9 Å². The van der Waals surface area contributed by atoms with Gasteiger partial charge in [0.1, 0.15) is 6.61 Å². The van der Waals surface area contributed by atoms with Gasteiger partial charge in [0, 0.05) is 10.8 Å². The number of thiazole rings is 1. The number of aromatic nitrogens is 2. The third-order valence-electron chi connectivity index (χ3n) is 4.07. The minimum Gasteiger partial charge on any atom is -0.462 e. The molecule has 0 amide bonds. The van der Waals surface area contributed by atoms with Gasteiger partial charge < -0.3 is 9.47 Å². The molecule has 0 unspecified atom stereocenters. The number of carbonyl (C=O) groups excluding carboxylic acids is 2. The zero-order valence-electron chi connectivity index (χ0n) is 15.4. The van der Waals surface area contributed by atoms with Crippen molar-refractivity contribution < 1.29 is 19.1 Å². The van der Waals surface area contributed by atoms with Crippen molar-refractivity contribution in [2.24, 2.45) is 0 Å². The molecule has 3 aromatic rings. The molecule has 2 heterocycles. The van der Waals surface area contributed by atoms with Gasteiger partial charge in [0.25, 0.3) is 0 Å². The Morgan fingerprint density at radius 3 is 2.59 bits per heavy atom. The zero-order valence-corrected chi connectivity index (χ0v) is 16.3. The summed E-state index contributed by atoms with van der Waals surface area (Å²) in [5, 5.41) is 3.60. The van der Waals surface area contributed by atoms with Crippen molar-refractivity contribution in [1.29, 1.82) is 0 Å². The fourth-order valence-corrected chi connectivity index (χ4v) is 3.47. The highest BCUT2D eigenvalue weighted by Gasteiger charge is 2.21. The quantitative estimate of drug-likeness (QED) is 0.602. The smallest absolute Gasteiger partial charge is 0.340 e. The Bertz CT molecular complexity index is 997. The second kappa shape index (κ2) is 8.26. The van der Waals surface area contributed by atoms with Gasteiger partial charge in [0.15, 0.2) is 0 Å². The van der Waals surface area contributed by atoms with Gasteiger partial charge in [-0.25, -0.2) is 14.8 Å². The lowest BCUT2D eigenvalue weighted by Gasteiger charge is -2.14. The average Bonchev–Trinajstić information content (AvgIpc) is 3.05. The van der Waals surface area contributed by atoms with Gasteiger partial charge in [0.05, 0.1) is 40.5 Å². The van der Waals surface area contributed by atoms with E-state index in [2.05, 4.69) is 9.97 Å². The maximum atomic E-state index is 12.5. The van der Waals surface area contributed by atoms with E-state index in [4.69, 9.17) is 9.47 Å². The molecule has 1 aromatic carbocycles. The van der Waals surface area contributed by atoms with Crippen molar-refractivity contribution in [3.63, 3.8) is 0 Å². The van der Waals surface area contributed by atoms with Crippen molar-refractivity contribution in [3.8, 4) is 0 Å². The van der Waals surface area contributed by atoms with E-state index >= 15 is 0 Å². The van der Waals surface area contributed by atoms with E-state index in [0.717, 1.165) is 21.5 Å². The molecule has 2 aromatic heterocycles. The Balaban J connectivity index is 1.86.